The monoisotopic (exact) mass is 181 g/mol. The lowest BCUT2D eigenvalue weighted by molar-refractivity contribution is 0.655. The molecule has 2 heterocycles. The lowest BCUT2D eigenvalue weighted by Crippen LogP contribution is -1.91. The van der Waals surface area contributed by atoms with E-state index in [1.807, 2.05) is 0 Å². The molecule has 0 atom stereocenters. The van der Waals surface area contributed by atoms with Gasteiger partial charge in [-0.05, 0) is 0 Å². The van der Waals surface area contributed by atoms with Crippen molar-refractivity contribution in [3.05, 3.63) is 12.4 Å². The third kappa shape index (κ3) is 1.16. The number of rotatable bonds is 1. The summed E-state index contributed by atoms with van der Waals surface area (Å²) in [7, 11) is 1.77. The highest BCUT2D eigenvalue weighted by atomic mass is 32.1. The largest absolute Gasteiger partial charge is 0.375 e. The Morgan fingerprint density at radius 2 is 2.33 bits per heavy atom. The number of hydrogen-bond donors (Lipinski definition) is 1. The van der Waals surface area contributed by atoms with Gasteiger partial charge >= 0.3 is 0 Å². The van der Waals surface area contributed by atoms with Gasteiger partial charge in [0.2, 0.25) is 0 Å². The van der Waals surface area contributed by atoms with Crippen LogP contribution in [0.2, 0.25) is 0 Å². The fourth-order valence-electron chi connectivity index (χ4n) is 0.865. The van der Waals surface area contributed by atoms with Crippen LogP contribution < -0.4 is 5.73 Å². The minimum absolute atomic E-state index is 0.552. The molecule has 0 fully saturated rings. The van der Waals surface area contributed by atoms with E-state index < -0.39 is 0 Å². The third-order valence-electron chi connectivity index (χ3n) is 1.38. The molecule has 6 heteroatoms. The summed E-state index contributed by atoms with van der Waals surface area (Å²) in [6.07, 6.45) is 3.39. The van der Waals surface area contributed by atoms with Crippen LogP contribution in [0.1, 0.15) is 0 Å². The number of nitrogens with zero attached hydrogens (tertiary/aromatic N) is 4. The zero-order chi connectivity index (χ0) is 8.55. The van der Waals surface area contributed by atoms with Crippen LogP contribution in [0.3, 0.4) is 0 Å². The summed E-state index contributed by atoms with van der Waals surface area (Å²) in [6, 6.07) is 0. The van der Waals surface area contributed by atoms with Crippen molar-refractivity contribution >= 4 is 16.5 Å². The molecule has 2 aromatic rings. The van der Waals surface area contributed by atoms with Gasteiger partial charge in [0.15, 0.2) is 5.13 Å². The number of aromatic nitrogens is 4. The predicted octanol–water partition coefficient (Wildman–Crippen LogP) is 0.521. The van der Waals surface area contributed by atoms with Gasteiger partial charge in [-0.2, -0.15) is 15.0 Å². The van der Waals surface area contributed by atoms with Crippen molar-refractivity contribution in [1.82, 2.24) is 20.0 Å². The summed E-state index contributed by atoms with van der Waals surface area (Å²) in [6.45, 7) is 0. The molecule has 0 aliphatic carbocycles. The Morgan fingerprint density at radius 3 is 2.83 bits per heavy atom. The van der Waals surface area contributed by atoms with E-state index in [4.69, 9.17) is 5.73 Å². The van der Waals surface area contributed by atoms with Crippen LogP contribution in [0.4, 0.5) is 5.13 Å². The first-order valence-corrected chi connectivity index (χ1v) is 4.15. The average Bonchev–Trinajstić information content (AvgIpc) is 2.58. The van der Waals surface area contributed by atoms with Gasteiger partial charge in [0.05, 0.1) is 11.1 Å². The van der Waals surface area contributed by atoms with Gasteiger partial charge in [-0.15, -0.1) is 0 Å². The molecule has 2 N–H and O–H groups in total. The van der Waals surface area contributed by atoms with Gasteiger partial charge in [-0.25, -0.2) is 4.98 Å². The van der Waals surface area contributed by atoms with E-state index in [-0.39, 0.29) is 0 Å². The molecule has 5 nitrogen and oxygen atoms in total. The molecular weight excluding hydrogens is 174 g/mol. The molecule has 0 saturated heterocycles. The Hall–Kier alpha value is -1.43. The SMILES string of the molecule is Cn1ncc(-c2cnc(N)s2)n1. The Labute approximate surface area is 72.8 Å². The molecule has 0 aliphatic rings. The first kappa shape index (κ1) is 7.23. The molecule has 0 amide bonds. The van der Waals surface area contributed by atoms with E-state index in [9.17, 15) is 0 Å². The molecule has 0 unspecified atom stereocenters. The Balaban J connectivity index is 2.43. The summed E-state index contributed by atoms with van der Waals surface area (Å²) < 4.78 is 0. The second-order valence-corrected chi connectivity index (χ2v) is 3.34. The lowest BCUT2D eigenvalue weighted by atomic mass is 10.4. The standard InChI is InChI=1S/C6H7N5S/c1-11-9-2-4(10-11)5-3-8-6(7)12-5/h2-3H,1H3,(H2,7,8). The van der Waals surface area contributed by atoms with Crippen molar-refractivity contribution in [1.29, 1.82) is 0 Å². The second kappa shape index (κ2) is 2.56. The van der Waals surface area contributed by atoms with Gasteiger partial charge in [0, 0.05) is 13.2 Å². The molecule has 62 valence electrons. The molecule has 0 aromatic carbocycles. The maximum Gasteiger partial charge on any atom is 0.180 e. The summed E-state index contributed by atoms with van der Waals surface area (Å²) in [5.74, 6) is 0. The molecule has 0 aliphatic heterocycles. The number of aryl methyl sites for hydroxylation is 1. The van der Waals surface area contributed by atoms with Gasteiger partial charge in [0.25, 0.3) is 0 Å². The number of anilines is 1. The maximum atomic E-state index is 5.48. The molecule has 12 heavy (non-hydrogen) atoms. The predicted molar refractivity (Wildman–Crippen MR) is 46.5 cm³/mol. The highest BCUT2D eigenvalue weighted by Gasteiger charge is 2.04. The van der Waals surface area contributed by atoms with Crippen molar-refractivity contribution < 1.29 is 0 Å². The zero-order valence-electron chi connectivity index (χ0n) is 6.43. The van der Waals surface area contributed by atoms with Gasteiger partial charge in [-0.1, -0.05) is 11.3 Å². The van der Waals surface area contributed by atoms with E-state index in [0.29, 0.717) is 5.13 Å². The van der Waals surface area contributed by atoms with E-state index in [0.717, 1.165) is 10.6 Å². The van der Waals surface area contributed by atoms with Crippen molar-refractivity contribution in [3.63, 3.8) is 0 Å². The summed E-state index contributed by atoms with van der Waals surface area (Å²) >= 11 is 1.40. The zero-order valence-corrected chi connectivity index (χ0v) is 7.25. The first-order valence-electron chi connectivity index (χ1n) is 3.34. The van der Waals surface area contributed by atoms with E-state index in [1.165, 1.54) is 16.1 Å². The Morgan fingerprint density at radius 1 is 1.50 bits per heavy atom. The van der Waals surface area contributed by atoms with Crippen LogP contribution in [-0.2, 0) is 7.05 Å². The van der Waals surface area contributed by atoms with Crippen LogP contribution >= 0.6 is 11.3 Å². The van der Waals surface area contributed by atoms with Crippen LogP contribution in [0.15, 0.2) is 12.4 Å². The van der Waals surface area contributed by atoms with Gasteiger partial charge < -0.3 is 5.73 Å². The summed E-state index contributed by atoms with van der Waals surface area (Å²) in [5, 5.41) is 8.61. The van der Waals surface area contributed by atoms with Crippen LogP contribution in [0, 0.1) is 0 Å². The maximum absolute atomic E-state index is 5.48. The minimum Gasteiger partial charge on any atom is -0.375 e. The molecule has 0 spiro atoms. The lowest BCUT2D eigenvalue weighted by Gasteiger charge is -1.84. The third-order valence-corrected chi connectivity index (χ3v) is 2.22. The second-order valence-electron chi connectivity index (χ2n) is 2.28. The van der Waals surface area contributed by atoms with Gasteiger partial charge in [-0.3, -0.25) is 0 Å². The van der Waals surface area contributed by atoms with E-state index in [2.05, 4.69) is 15.2 Å². The average molecular weight is 181 g/mol. The van der Waals surface area contributed by atoms with E-state index >= 15 is 0 Å². The Kier molecular flexibility index (Phi) is 1.54. The van der Waals surface area contributed by atoms with Crippen LogP contribution in [0.25, 0.3) is 10.6 Å². The minimum atomic E-state index is 0.552. The molecule has 0 saturated carbocycles. The molecule has 2 rings (SSSR count). The fourth-order valence-corrected chi connectivity index (χ4v) is 1.50. The molecule has 2 aromatic heterocycles. The molecule has 0 radical (unpaired) electrons. The summed E-state index contributed by atoms with van der Waals surface area (Å²) in [4.78, 5) is 6.37. The Bertz CT molecular complexity index is 352. The number of nitrogen functional groups attached to an aromatic ring is 1. The van der Waals surface area contributed by atoms with Crippen molar-refractivity contribution in [3.8, 4) is 10.6 Å². The van der Waals surface area contributed by atoms with Crippen molar-refractivity contribution in [2.75, 3.05) is 5.73 Å². The number of hydrogen-bond acceptors (Lipinski definition) is 5. The normalized spacial score (nSPS) is 10.4. The number of thiazole rings is 1. The smallest absolute Gasteiger partial charge is 0.180 e. The van der Waals surface area contributed by atoms with Crippen LogP contribution in [0.5, 0.6) is 0 Å². The van der Waals surface area contributed by atoms with E-state index in [1.54, 1.807) is 19.4 Å². The number of nitrogens with two attached hydrogens (primary N) is 1. The fraction of sp³-hybridized carbons (Fsp3) is 0.167. The quantitative estimate of drug-likeness (QED) is 0.696. The van der Waals surface area contributed by atoms with Gasteiger partial charge in [0.1, 0.15) is 5.69 Å². The van der Waals surface area contributed by atoms with Crippen molar-refractivity contribution in [2.24, 2.45) is 7.05 Å². The topological polar surface area (TPSA) is 69.6 Å². The summed E-state index contributed by atoms with van der Waals surface area (Å²) in [5.41, 5.74) is 6.29. The van der Waals surface area contributed by atoms with Crippen molar-refractivity contribution in [2.45, 2.75) is 0 Å². The highest BCUT2D eigenvalue weighted by molar-refractivity contribution is 7.18. The van der Waals surface area contributed by atoms with Crippen LogP contribution in [-0.4, -0.2) is 20.0 Å². The molecule has 0 bridgehead atoms. The molecular formula is C6H7N5S. The highest BCUT2D eigenvalue weighted by Crippen LogP contribution is 2.24. The first-order chi connectivity index (χ1) is 5.75.